The van der Waals surface area contributed by atoms with Gasteiger partial charge in [0.1, 0.15) is 6.26 Å². The largest absolute Gasteiger partial charge is 0.432 e. The summed E-state index contributed by atoms with van der Waals surface area (Å²) < 4.78 is 5.34. The maximum Gasteiger partial charge on any atom is 0.294 e. The van der Waals surface area contributed by atoms with Crippen LogP contribution < -0.4 is 5.32 Å². The summed E-state index contributed by atoms with van der Waals surface area (Å²) in [5, 5.41) is 3.36. The van der Waals surface area contributed by atoms with Gasteiger partial charge in [0.05, 0.1) is 12.2 Å². The third-order valence-corrected chi connectivity index (χ3v) is 3.55. The Morgan fingerprint density at radius 2 is 2.05 bits per heavy atom. The Bertz CT molecular complexity index is 738. The molecule has 22 heavy (non-hydrogen) atoms. The molecule has 2 aromatic heterocycles. The summed E-state index contributed by atoms with van der Waals surface area (Å²) in [7, 11) is 0. The molecule has 1 N–H and O–H groups in total. The SMILES string of the molecule is Cc1cncc(CC(Nc2ncco2)c2cccc(C)c2)c1. The molecule has 1 unspecified atom stereocenters. The van der Waals surface area contributed by atoms with Crippen molar-refractivity contribution in [2.45, 2.75) is 26.3 Å². The lowest BCUT2D eigenvalue weighted by Gasteiger charge is -2.19. The Morgan fingerprint density at radius 3 is 2.77 bits per heavy atom. The summed E-state index contributed by atoms with van der Waals surface area (Å²) in [6.45, 7) is 4.15. The van der Waals surface area contributed by atoms with Crippen LogP contribution >= 0.6 is 0 Å². The summed E-state index contributed by atoms with van der Waals surface area (Å²) in [6, 6.07) is 11.3. The van der Waals surface area contributed by atoms with Crippen molar-refractivity contribution in [3.63, 3.8) is 0 Å². The highest BCUT2D eigenvalue weighted by Crippen LogP contribution is 2.23. The summed E-state index contributed by atoms with van der Waals surface area (Å²) in [5.41, 5.74) is 4.79. The molecule has 0 aliphatic heterocycles. The molecule has 3 aromatic rings. The molecule has 4 nitrogen and oxygen atoms in total. The van der Waals surface area contributed by atoms with Gasteiger partial charge in [0, 0.05) is 12.4 Å². The van der Waals surface area contributed by atoms with Crippen LogP contribution in [0.15, 0.2) is 59.6 Å². The summed E-state index contributed by atoms with van der Waals surface area (Å²) >= 11 is 0. The maximum atomic E-state index is 5.34. The second kappa shape index (κ2) is 6.43. The molecule has 1 atom stereocenters. The molecule has 0 amide bonds. The topological polar surface area (TPSA) is 51.0 Å². The van der Waals surface area contributed by atoms with E-state index < -0.39 is 0 Å². The predicted octanol–water partition coefficient (Wildman–Crippen LogP) is 4.08. The number of aryl methyl sites for hydroxylation is 2. The molecule has 112 valence electrons. The number of nitrogens with zero attached hydrogens (tertiary/aromatic N) is 2. The van der Waals surface area contributed by atoms with Crippen LogP contribution in [0, 0.1) is 13.8 Å². The van der Waals surface area contributed by atoms with Crippen LogP contribution in [-0.2, 0) is 6.42 Å². The number of nitrogens with one attached hydrogen (secondary N) is 1. The van der Waals surface area contributed by atoms with E-state index in [1.165, 1.54) is 16.7 Å². The number of oxazole rings is 1. The minimum absolute atomic E-state index is 0.0853. The van der Waals surface area contributed by atoms with Gasteiger partial charge in [0.15, 0.2) is 0 Å². The van der Waals surface area contributed by atoms with Crippen molar-refractivity contribution in [3.05, 3.63) is 77.4 Å². The number of hydrogen-bond donors (Lipinski definition) is 1. The molecule has 4 heteroatoms. The molecule has 0 saturated heterocycles. The molecule has 0 fully saturated rings. The molecule has 0 saturated carbocycles. The molecule has 2 heterocycles. The average Bonchev–Trinajstić information content (AvgIpc) is 3.00. The molecule has 0 spiro atoms. The van der Waals surface area contributed by atoms with E-state index in [0.717, 1.165) is 12.0 Å². The van der Waals surface area contributed by atoms with Gasteiger partial charge in [-0.1, -0.05) is 35.9 Å². The second-order valence-electron chi connectivity index (χ2n) is 5.52. The van der Waals surface area contributed by atoms with Crippen LogP contribution in [0.1, 0.15) is 28.3 Å². The monoisotopic (exact) mass is 293 g/mol. The van der Waals surface area contributed by atoms with Gasteiger partial charge in [0.2, 0.25) is 0 Å². The Balaban J connectivity index is 1.88. The van der Waals surface area contributed by atoms with Crippen molar-refractivity contribution in [3.8, 4) is 0 Å². The Morgan fingerprint density at radius 1 is 1.14 bits per heavy atom. The van der Waals surface area contributed by atoms with Gasteiger partial charge in [-0.2, -0.15) is 0 Å². The number of aromatic nitrogens is 2. The number of pyridine rings is 1. The van der Waals surface area contributed by atoms with Gasteiger partial charge >= 0.3 is 0 Å². The molecule has 1 aromatic carbocycles. The van der Waals surface area contributed by atoms with E-state index in [4.69, 9.17) is 4.42 Å². The van der Waals surface area contributed by atoms with Crippen LogP contribution in [0.4, 0.5) is 6.01 Å². The first-order valence-corrected chi connectivity index (χ1v) is 7.34. The van der Waals surface area contributed by atoms with Gasteiger partial charge < -0.3 is 9.73 Å². The first-order chi connectivity index (χ1) is 10.7. The highest BCUT2D eigenvalue weighted by molar-refractivity contribution is 5.34. The van der Waals surface area contributed by atoms with Crippen molar-refractivity contribution >= 4 is 6.01 Å². The molecule has 0 aliphatic rings. The molecule has 3 rings (SSSR count). The van der Waals surface area contributed by atoms with E-state index in [1.807, 2.05) is 12.4 Å². The summed E-state index contributed by atoms with van der Waals surface area (Å²) in [4.78, 5) is 8.45. The molecule has 0 radical (unpaired) electrons. The van der Waals surface area contributed by atoms with E-state index in [0.29, 0.717) is 6.01 Å². The smallest absolute Gasteiger partial charge is 0.294 e. The predicted molar refractivity (Wildman–Crippen MR) is 86.7 cm³/mol. The zero-order valence-electron chi connectivity index (χ0n) is 12.8. The first kappa shape index (κ1) is 14.3. The van der Waals surface area contributed by atoms with E-state index in [9.17, 15) is 0 Å². The number of rotatable bonds is 5. The van der Waals surface area contributed by atoms with Crippen molar-refractivity contribution in [2.75, 3.05) is 5.32 Å². The fourth-order valence-electron chi connectivity index (χ4n) is 2.55. The number of hydrogen-bond acceptors (Lipinski definition) is 4. The molecular formula is C18H19N3O. The highest BCUT2D eigenvalue weighted by atomic mass is 16.4. The molecule has 0 aliphatic carbocycles. The van der Waals surface area contributed by atoms with Gasteiger partial charge in [-0.3, -0.25) is 4.98 Å². The van der Waals surface area contributed by atoms with Crippen molar-refractivity contribution in [2.24, 2.45) is 0 Å². The molecular weight excluding hydrogens is 274 g/mol. The van der Waals surface area contributed by atoms with Gasteiger partial charge in [-0.05, 0) is 37.0 Å². The van der Waals surface area contributed by atoms with Gasteiger partial charge in [-0.15, -0.1) is 0 Å². The van der Waals surface area contributed by atoms with E-state index in [2.05, 4.69) is 59.5 Å². The summed E-state index contributed by atoms with van der Waals surface area (Å²) in [5.74, 6) is 0. The van der Waals surface area contributed by atoms with E-state index >= 15 is 0 Å². The summed E-state index contributed by atoms with van der Waals surface area (Å²) in [6.07, 6.45) is 7.81. The Hall–Kier alpha value is -2.62. The lowest BCUT2D eigenvalue weighted by molar-refractivity contribution is 0.558. The minimum atomic E-state index is 0.0853. The third-order valence-electron chi connectivity index (χ3n) is 3.55. The fourth-order valence-corrected chi connectivity index (χ4v) is 2.55. The van der Waals surface area contributed by atoms with Crippen LogP contribution in [0.25, 0.3) is 0 Å². The Labute approximate surface area is 130 Å². The maximum absolute atomic E-state index is 5.34. The zero-order chi connectivity index (χ0) is 15.4. The normalized spacial score (nSPS) is 12.1. The van der Waals surface area contributed by atoms with Gasteiger partial charge in [-0.25, -0.2) is 4.98 Å². The fraction of sp³-hybridized carbons (Fsp3) is 0.222. The molecule has 0 bridgehead atoms. The van der Waals surface area contributed by atoms with Crippen LogP contribution in [0.3, 0.4) is 0 Å². The number of benzene rings is 1. The van der Waals surface area contributed by atoms with E-state index in [1.54, 1.807) is 12.5 Å². The second-order valence-corrected chi connectivity index (χ2v) is 5.52. The van der Waals surface area contributed by atoms with Crippen LogP contribution in [0.2, 0.25) is 0 Å². The van der Waals surface area contributed by atoms with E-state index in [-0.39, 0.29) is 6.04 Å². The Kier molecular flexibility index (Phi) is 4.19. The van der Waals surface area contributed by atoms with Crippen molar-refractivity contribution < 1.29 is 4.42 Å². The zero-order valence-corrected chi connectivity index (χ0v) is 12.8. The van der Waals surface area contributed by atoms with Crippen molar-refractivity contribution in [1.29, 1.82) is 0 Å². The first-order valence-electron chi connectivity index (χ1n) is 7.34. The standard InChI is InChI=1S/C18H19N3O/c1-13-4-3-5-16(9-13)17(21-18-20-6-7-22-18)10-15-8-14(2)11-19-12-15/h3-9,11-12,17H,10H2,1-2H3,(H,20,21). The van der Waals surface area contributed by atoms with Gasteiger partial charge in [0.25, 0.3) is 6.01 Å². The lowest BCUT2D eigenvalue weighted by Crippen LogP contribution is -2.14. The average molecular weight is 293 g/mol. The minimum Gasteiger partial charge on any atom is -0.432 e. The number of anilines is 1. The quantitative estimate of drug-likeness (QED) is 0.770. The highest BCUT2D eigenvalue weighted by Gasteiger charge is 2.15. The van der Waals surface area contributed by atoms with Crippen LogP contribution in [-0.4, -0.2) is 9.97 Å². The van der Waals surface area contributed by atoms with Crippen molar-refractivity contribution in [1.82, 2.24) is 9.97 Å². The lowest BCUT2D eigenvalue weighted by atomic mass is 9.98. The third kappa shape index (κ3) is 3.52. The van der Waals surface area contributed by atoms with Crippen LogP contribution in [0.5, 0.6) is 0 Å².